The number of carbonyl (C=O) groups excluding carboxylic acids is 1. The van der Waals surface area contributed by atoms with Crippen LogP contribution in [0.1, 0.15) is 32.3 Å². The summed E-state index contributed by atoms with van der Waals surface area (Å²) in [6.07, 6.45) is 0. The molecular formula is C13H18N2O. The van der Waals surface area contributed by atoms with E-state index in [2.05, 4.69) is 19.3 Å². The predicted octanol–water partition coefficient (Wildman–Crippen LogP) is 2.30. The van der Waals surface area contributed by atoms with Crippen LogP contribution in [-0.4, -0.2) is 12.5 Å². The normalized spacial score (nSPS) is 19.4. The van der Waals surface area contributed by atoms with Gasteiger partial charge in [-0.05, 0) is 24.5 Å². The van der Waals surface area contributed by atoms with Crippen molar-refractivity contribution in [2.45, 2.75) is 26.7 Å². The highest BCUT2D eigenvalue weighted by Gasteiger charge is 2.33. The van der Waals surface area contributed by atoms with Crippen LogP contribution in [0, 0.1) is 5.92 Å². The Morgan fingerprint density at radius 3 is 2.75 bits per heavy atom. The Morgan fingerprint density at radius 2 is 2.06 bits per heavy atom. The van der Waals surface area contributed by atoms with E-state index in [9.17, 15) is 4.79 Å². The third-order valence-corrected chi connectivity index (χ3v) is 2.89. The highest BCUT2D eigenvalue weighted by atomic mass is 16.2. The van der Waals surface area contributed by atoms with Gasteiger partial charge in [0.1, 0.15) is 0 Å². The summed E-state index contributed by atoms with van der Waals surface area (Å²) in [4.78, 5) is 12.0. The lowest BCUT2D eigenvalue weighted by Crippen LogP contribution is -2.42. The van der Waals surface area contributed by atoms with E-state index >= 15 is 0 Å². The molecule has 3 heteroatoms. The molecule has 0 saturated carbocycles. The number of hydrazine groups is 1. The second kappa shape index (κ2) is 4.26. The molecule has 1 unspecified atom stereocenters. The molecule has 1 aromatic rings. The van der Waals surface area contributed by atoms with Gasteiger partial charge < -0.3 is 0 Å². The summed E-state index contributed by atoms with van der Waals surface area (Å²) in [6, 6.07) is 7.96. The summed E-state index contributed by atoms with van der Waals surface area (Å²) >= 11 is 0. The van der Waals surface area contributed by atoms with E-state index in [-0.39, 0.29) is 11.8 Å². The molecule has 0 fully saturated rings. The molecule has 0 aliphatic carbocycles. The standard InChI is InChI=1S/C13H18N2O/c1-9(2)8-14-15-12-7-5-4-6-11(12)10(3)13(15)16/h4-7,9-10,14H,8H2,1-3H3. The molecule has 1 N–H and O–H groups in total. The van der Waals surface area contributed by atoms with Crippen molar-refractivity contribution in [1.29, 1.82) is 0 Å². The van der Waals surface area contributed by atoms with Crippen LogP contribution in [0.5, 0.6) is 0 Å². The molecule has 1 aromatic carbocycles. The van der Waals surface area contributed by atoms with E-state index in [1.165, 1.54) is 0 Å². The Labute approximate surface area is 96.4 Å². The zero-order valence-electron chi connectivity index (χ0n) is 10.0. The highest BCUT2D eigenvalue weighted by Crippen LogP contribution is 2.35. The van der Waals surface area contributed by atoms with E-state index < -0.39 is 0 Å². The summed E-state index contributed by atoms with van der Waals surface area (Å²) in [5.74, 6) is 0.633. The number of hydrogen-bond acceptors (Lipinski definition) is 2. The lowest BCUT2D eigenvalue weighted by atomic mass is 10.0. The molecule has 0 saturated heterocycles. The first kappa shape index (κ1) is 11.1. The number of nitrogens with zero attached hydrogens (tertiary/aromatic N) is 1. The zero-order valence-corrected chi connectivity index (χ0v) is 10.0. The van der Waals surface area contributed by atoms with Crippen molar-refractivity contribution in [2.75, 3.05) is 11.6 Å². The van der Waals surface area contributed by atoms with Crippen LogP contribution in [0.15, 0.2) is 24.3 Å². The molecule has 1 amide bonds. The van der Waals surface area contributed by atoms with Gasteiger partial charge in [-0.15, -0.1) is 0 Å². The lowest BCUT2D eigenvalue weighted by Gasteiger charge is -2.20. The van der Waals surface area contributed by atoms with Gasteiger partial charge in [-0.1, -0.05) is 32.0 Å². The molecule has 0 bridgehead atoms. The van der Waals surface area contributed by atoms with E-state index in [0.717, 1.165) is 17.8 Å². The number of fused-ring (bicyclic) bond motifs is 1. The maximum Gasteiger partial charge on any atom is 0.248 e. The van der Waals surface area contributed by atoms with Crippen molar-refractivity contribution in [2.24, 2.45) is 5.92 Å². The van der Waals surface area contributed by atoms with Crippen LogP contribution in [0.2, 0.25) is 0 Å². The summed E-state index contributed by atoms with van der Waals surface area (Å²) in [5, 5.41) is 1.69. The van der Waals surface area contributed by atoms with Gasteiger partial charge in [0.15, 0.2) is 0 Å². The second-order valence-corrected chi connectivity index (χ2v) is 4.71. The SMILES string of the molecule is CC(C)CNN1C(=O)C(C)c2ccccc21. The van der Waals surface area contributed by atoms with Gasteiger partial charge in [0.05, 0.1) is 11.6 Å². The highest BCUT2D eigenvalue weighted by molar-refractivity contribution is 6.03. The maximum atomic E-state index is 12.0. The van der Waals surface area contributed by atoms with E-state index in [4.69, 9.17) is 0 Å². The fourth-order valence-electron chi connectivity index (χ4n) is 1.94. The van der Waals surface area contributed by atoms with Gasteiger partial charge in [-0.2, -0.15) is 0 Å². The number of rotatable bonds is 3. The molecule has 3 nitrogen and oxygen atoms in total. The smallest absolute Gasteiger partial charge is 0.248 e. The van der Waals surface area contributed by atoms with Gasteiger partial charge in [-0.3, -0.25) is 4.79 Å². The van der Waals surface area contributed by atoms with Crippen LogP contribution < -0.4 is 10.4 Å². The molecule has 0 radical (unpaired) electrons. The number of amides is 1. The Bertz CT molecular complexity index is 401. The largest absolute Gasteiger partial charge is 0.272 e. The molecule has 16 heavy (non-hydrogen) atoms. The first-order valence-corrected chi connectivity index (χ1v) is 5.77. The summed E-state index contributed by atoms with van der Waals surface area (Å²) in [6.45, 7) is 7.02. The zero-order chi connectivity index (χ0) is 11.7. The fourth-order valence-corrected chi connectivity index (χ4v) is 1.94. The maximum absolute atomic E-state index is 12.0. The minimum Gasteiger partial charge on any atom is -0.272 e. The average molecular weight is 218 g/mol. The van der Waals surface area contributed by atoms with Crippen LogP contribution in [0.4, 0.5) is 5.69 Å². The molecule has 1 aliphatic heterocycles. The Morgan fingerprint density at radius 1 is 1.38 bits per heavy atom. The van der Waals surface area contributed by atoms with E-state index in [1.807, 2.05) is 31.2 Å². The van der Waals surface area contributed by atoms with Gasteiger partial charge >= 0.3 is 0 Å². The van der Waals surface area contributed by atoms with Crippen molar-refractivity contribution >= 4 is 11.6 Å². The molecular weight excluding hydrogens is 200 g/mol. The molecule has 1 heterocycles. The molecule has 86 valence electrons. The first-order chi connectivity index (χ1) is 7.61. The van der Waals surface area contributed by atoms with Crippen molar-refractivity contribution in [3.05, 3.63) is 29.8 Å². The van der Waals surface area contributed by atoms with Gasteiger partial charge in [-0.25, -0.2) is 10.4 Å². The minimum atomic E-state index is -0.0316. The molecule has 0 spiro atoms. The van der Waals surface area contributed by atoms with Crippen LogP contribution in [0.3, 0.4) is 0 Å². The number of hydrogen-bond donors (Lipinski definition) is 1. The van der Waals surface area contributed by atoms with Crippen LogP contribution in [-0.2, 0) is 4.79 Å². The fraction of sp³-hybridized carbons (Fsp3) is 0.462. The number of anilines is 1. The molecule has 1 atom stereocenters. The number of nitrogens with one attached hydrogen (secondary N) is 1. The minimum absolute atomic E-state index is 0.0316. The van der Waals surface area contributed by atoms with Gasteiger partial charge in [0.2, 0.25) is 5.91 Å². The first-order valence-electron chi connectivity index (χ1n) is 5.77. The number of carbonyl (C=O) groups is 1. The number of para-hydroxylation sites is 1. The van der Waals surface area contributed by atoms with Crippen molar-refractivity contribution in [1.82, 2.24) is 5.43 Å². The third-order valence-electron chi connectivity index (χ3n) is 2.89. The predicted molar refractivity (Wildman–Crippen MR) is 65.2 cm³/mol. The summed E-state index contributed by atoms with van der Waals surface area (Å²) < 4.78 is 0. The Balaban J connectivity index is 2.23. The monoisotopic (exact) mass is 218 g/mol. The van der Waals surface area contributed by atoms with Gasteiger partial charge in [0.25, 0.3) is 0 Å². The molecule has 2 rings (SSSR count). The van der Waals surface area contributed by atoms with Crippen LogP contribution in [0.25, 0.3) is 0 Å². The second-order valence-electron chi connectivity index (χ2n) is 4.71. The van der Waals surface area contributed by atoms with E-state index in [1.54, 1.807) is 5.01 Å². The summed E-state index contributed by atoms with van der Waals surface area (Å²) in [7, 11) is 0. The van der Waals surface area contributed by atoms with Crippen LogP contribution >= 0.6 is 0 Å². The number of benzene rings is 1. The van der Waals surface area contributed by atoms with Crippen molar-refractivity contribution in [3.63, 3.8) is 0 Å². The van der Waals surface area contributed by atoms with Crippen molar-refractivity contribution in [3.8, 4) is 0 Å². The molecule has 1 aliphatic rings. The third kappa shape index (κ3) is 1.83. The Kier molecular flexibility index (Phi) is 2.97. The topological polar surface area (TPSA) is 32.3 Å². The Hall–Kier alpha value is -1.35. The quantitative estimate of drug-likeness (QED) is 0.844. The summed E-state index contributed by atoms with van der Waals surface area (Å²) in [5.41, 5.74) is 5.32. The molecule has 0 aromatic heterocycles. The van der Waals surface area contributed by atoms with E-state index in [0.29, 0.717) is 5.92 Å². The lowest BCUT2D eigenvalue weighted by molar-refractivity contribution is -0.119. The average Bonchev–Trinajstić information content (AvgIpc) is 2.50. The van der Waals surface area contributed by atoms with Crippen molar-refractivity contribution < 1.29 is 4.79 Å². The van der Waals surface area contributed by atoms with Gasteiger partial charge in [0, 0.05) is 6.54 Å².